The molecule has 0 saturated carbocycles. The maximum atomic E-state index is 11.6. The molecular weight excluding hydrogens is 232 g/mol. The van der Waals surface area contributed by atoms with Crippen molar-refractivity contribution in [2.24, 2.45) is 0 Å². The number of aromatic nitrogens is 1. The fraction of sp³-hybridized carbons (Fsp3) is 0.417. The molecule has 1 heterocycles. The predicted molar refractivity (Wildman–Crippen MR) is 67.8 cm³/mol. The van der Waals surface area contributed by atoms with E-state index in [1.807, 2.05) is 19.1 Å². The Morgan fingerprint density at radius 3 is 2.39 bits per heavy atom. The number of hydrogen-bond acceptors (Lipinski definition) is 4. The van der Waals surface area contributed by atoms with Crippen LogP contribution in [0, 0.1) is 0 Å². The average molecular weight is 250 g/mol. The van der Waals surface area contributed by atoms with Gasteiger partial charge in [0.25, 0.3) is 0 Å². The van der Waals surface area contributed by atoms with Crippen molar-refractivity contribution in [3.63, 3.8) is 0 Å². The van der Waals surface area contributed by atoms with Crippen LogP contribution in [0.1, 0.15) is 25.5 Å². The van der Waals surface area contributed by atoms with E-state index in [0.717, 1.165) is 5.56 Å². The molecule has 6 heteroatoms. The van der Waals surface area contributed by atoms with Gasteiger partial charge in [0.15, 0.2) is 0 Å². The Morgan fingerprint density at radius 2 is 1.83 bits per heavy atom. The fourth-order valence-electron chi connectivity index (χ4n) is 1.48. The minimum Gasteiger partial charge on any atom is -0.341 e. The minimum absolute atomic E-state index is 0.00145. The summed E-state index contributed by atoms with van der Waals surface area (Å²) in [6, 6.07) is 2.77. The quantitative estimate of drug-likeness (QED) is 0.730. The molecule has 0 aliphatic rings. The zero-order valence-corrected chi connectivity index (χ0v) is 10.7. The molecule has 1 rings (SSSR count). The highest BCUT2D eigenvalue weighted by atomic mass is 16.2. The third-order valence-corrected chi connectivity index (χ3v) is 2.56. The molecule has 2 unspecified atom stereocenters. The summed E-state index contributed by atoms with van der Waals surface area (Å²) in [4.78, 5) is 26.6. The summed E-state index contributed by atoms with van der Waals surface area (Å²) < 4.78 is 0. The Bertz CT molecular complexity index is 408. The molecule has 1 aromatic heterocycles. The van der Waals surface area contributed by atoms with Crippen molar-refractivity contribution >= 4 is 11.9 Å². The molecule has 0 fully saturated rings. The first-order chi connectivity index (χ1) is 8.54. The fourth-order valence-corrected chi connectivity index (χ4v) is 1.48. The number of carbonyl (C=O) groups excluding carboxylic acids is 2. The highest BCUT2D eigenvalue weighted by Gasteiger charge is 2.17. The van der Waals surface area contributed by atoms with Crippen LogP contribution in [0.3, 0.4) is 0 Å². The largest absolute Gasteiger partial charge is 0.341 e. The Morgan fingerprint density at radius 1 is 1.22 bits per heavy atom. The van der Waals surface area contributed by atoms with Gasteiger partial charge in [-0.15, -0.1) is 0 Å². The van der Waals surface area contributed by atoms with Crippen LogP contribution in [0.25, 0.3) is 0 Å². The second kappa shape index (κ2) is 6.70. The molecule has 98 valence electrons. The van der Waals surface area contributed by atoms with Crippen molar-refractivity contribution in [1.29, 1.82) is 0 Å². The maximum absolute atomic E-state index is 11.6. The molecule has 3 N–H and O–H groups in total. The van der Waals surface area contributed by atoms with E-state index in [1.54, 1.807) is 19.3 Å². The van der Waals surface area contributed by atoms with E-state index < -0.39 is 12.1 Å². The molecule has 0 aromatic carbocycles. The van der Waals surface area contributed by atoms with Crippen molar-refractivity contribution in [3.8, 4) is 0 Å². The third kappa shape index (κ3) is 4.14. The Balaban J connectivity index is 2.52. The lowest BCUT2D eigenvalue weighted by molar-refractivity contribution is -0.121. The number of pyridine rings is 1. The molecule has 6 nitrogen and oxygen atoms in total. The van der Waals surface area contributed by atoms with Crippen LogP contribution in [0.15, 0.2) is 24.5 Å². The normalized spacial score (nSPS) is 13.5. The average Bonchev–Trinajstić information content (AvgIpc) is 2.39. The molecule has 0 bridgehead atoms. The molecule has 0 saturated heterocycles. The van der Waals surface area contributed by atoms with Gasteiger partial charge in [-0.3, -0.25) is 20.4 Å². The summed E-state index contributed by atoms with van der Waals surface area (Å²) in [5.41, 5.74) is 1.03. The van der Waals surface area contributed by atoms with Crippen LogP contribution in [0.4, 0.5) is 4.79 Å². The second-order valence-corrected chi connectivity index (χ2v) is 3.96. The molecule has 0 radical (unpaired) electrons. The number of carbonyl (C=O) groups is 2. The summed E-state index contributed by atoms with van der Waals surface area (Å²) in [6.45, 7) is 3.65. The third-order valence-electron chi connectivity index (χ3n) is 2.56. The number of imide groups is 1. The number of hydrogen-bond donors (Lipinski definition) is 3. The van der Waals surface area contributed by atoms with E-state index in [9.17, 15) is 9.59 Å². The standard InChI is InChI=1S/C12H18N4O2/c1-8(10-4-6-14-7-5-10)15-9(2)11(17)16-12(18)13-3/h4-9,15H,1-3H3,(H2,13,16,17,18). The van der Waals surface area contributed by atoms with Gasteiger partial charge >= 0.3 is 6.03 Å². The monoisotopic (exact) mass is 250 g/mol. The highest BCUT2D eigenvalue weighted by molar-refractivity contribution is 5.96. The van der Waals surface area contributed by atoms with Crippen LogP contribution >= 0.6 is 0 Å². The first kappa shape index (κ1) is 14.1. The zero-order chi connectivity index (χ0) is 13.5. The molecule has 0 aliphatic heterocycles. The van der Waals surface area contributed by atoms with Gasteiger partial charge in [0.1, 0.15) is 0 Å². The van der Waals surface area contributed by atoms with Gasteiger partial charge in [-0.25, -0.2) is 4.79 Å². The highest BCUT2D eigenvalue weighted by Crippen LogP contribution is 2.10. The smallest absolute Gasteiger partial charge is 0.321 e. The Hall–Kier alpha value is -1.95. The molecule has 2 atom stereocenters. The number of amides is 3. The van der Waals surface area contributed by atoms with E-state index in [-0.39, 0.29) is 11.9 Å². The van der Waals surface area contributed by atoms with Crippen molar-refractivity contribution in [3.05, 3.63) is 30.1 Å². The van der Waals surface area contributed by atoms with E-state index in [4.69, 9.17) is 0 Å². The van der Waals surface area contributed by atoms with Crippen LogP contribution in [-0.4, -0.2) is 30.0 Å². The summed E-state index contributed by atoms with van der Waals surface area (Å²) in [7, 11) is 1.46. The summed E-state index contributed by atoms with van der Waals surface area (Å²) in [5, 5.41) is 7.66. The first-order valence-electron chi connectivity index (χ1n) is 5.73. The van der Waals surface area contributed by atoms with E-state index in [2.05, 4.69) is 20.9 Å². The van der Waals surface area contributed by atoms with Crippen molar-refractivity contribution in [2.75, 3.05) is 7.05 Å². The number of rotatable bonds is 4. The molecule has 3 amide bonds. The second-order valence-electron chi connectivity index (χ2n) is 3.96. The number of urea groups is 1. The van der Waals surface area contributed by atoms with Gasteiger partial charge in [0, 0.05) is 25.5 Å². The minimum atomic E-state index is -0.509. The van der Waals surface area contributed by atoms with Crippen molar-refractivity contribution in [2.45, 2.75) is 25.9 Å². The molecule has 0 spiro atoms. The van der Waals surface area contributed by atoms with Gasteiger partial charge in [0.2, 0.25) is 5.91 Å². The van der Waals surface area contributed by atoms with Gasteiger partial charge in [-0.05, 0) is 31.5 Å². The molecular formula is C12H18N4O2. The topological polar surface area (TPSA) is 83.1 Å². The SMILES string of the molecule is CNC(=O)NC(=O)C(C)NC(C)c1ccncc1. The number of nitrogens with zero attached hydrogens (tertiary/aromatic N) is 1. The lowest BCUT2D eigenvalue weighted by Crippen LogP contribution is -2.47. The van der Waals surface area contributed by atoms with Crippen LogP contribution in [-0.2, 0) is 4.79 Å². The van der Waals surface area contributed by atoms with Gasteiger partial charge in [-0.2, -0.15) is 0 Å². The van der Waals surface area contributed by atoms with Gasteiger partial charge in [0.05, 0.1) is 6.04 Å². The molecule has 18 heavy (non-hydrogen) atoms. The van der Waals surface area contributed by atoms with E-state index in [0.29, 0.717) is 0 Å². The van der Waals surface area contributed by atoms with Crippen LogP contribution < -0.4 is 16.0 Å². The lowest BCUT2D eigenvalue weighted by Gasteiger charge is -2.19. The van der Waals surface area contributed by atoms with Gasteiger partial charge in [-0.1, -0.05) is 0 Å². The number of nitrogens with one attached hydrogen (secondary N) is 3. The lowest BCUT2D eigenvalue weighted by atomic mass is 10.1. The Kier molecular flexibility index (Phi) is 5.26. The Labute approximate surface area is 106 Å². The van der Waals surface area contributed by atoms with Gasteiger partial charge < -0.3 is 5.32 Å². The molecule has 0 aliphatic carbocycles. The van der Waals surface area contributed by atoms with Crippen molar-refractivity contribution < 1.29 is 9.59 Å². The van der Waals surface area contributed by atoms with Crippen molar-refractivity contribution in [1.82, 2.24) is 20.9 Å². The predicted octanol–water partition coefficient (Wildman–Crippen LogP) is 0.576. The zero-order valence-electron chi connectivity index (χ0n) is 10.7. The van der Waals surface area contributed by atoms with Crippen LogP contribution in [0.5, 0.6) is 0 Å². The van der Waals surface area contributed by atoms with E-state index in [1.165, 1.54) is 7.05 Å². The summed E-state index contributed by atoms with van der Waals surface area (Å²) in [5.74, 6) is -0.366. The summed E-state index contributed by atoms with van der Waals surface area (Å²) in [6.07, 6.45) is 3.39. The maximum Gasteiger partial charge on any atom is 0.321 e. The first-order valence-corrected chi connectivity index (χ1v) is 5.73. The summed E-state index contributed by atoms with van der Waals surface area (Å²) >= 11 is 0. The van der Waals surface area contributed by atoms with Crippen LogP contribution in [0.2, 0.25) is 0 Å². The van der Waals surface area contributed by atoms with E-state index >= 15 is 0 Å². The molecule has 1 aromatic rings.